The molecule has 1 rings (SSSR count). The molecule has 0 fully saturated rings. The molecule has 14 heavy (non-hydrogen) atoms. The zero-order chi connectivity index (χ0) is 10.7. The average Bonchev–Trinajstić information content (AvgIpc) is 2.14. The second-order valence-electron chi connectivity index (χ2n) is 2.56. The molecule has 0 saturated carbocycles. The molecule has 0 radical (unpaired) electrons. The van der Waals surface area contributed by atoms with Crippen LogP contribution >= 0.6 is 45.2 Å². The number of hydrogen-bond acceptors (Lipinski definition) is 3. The fraction of sp³-hybridized carbons (Fsp3) is 0.222. The number of esters is 1. The molecule has 0 heterocycles. The third kappa shape index (κ3) is 2.97. The van der Waals surface area contributed by atoms with Gasteiger partial charge in [-0.05, 0) is 57.3 Å². The minimum atomic E-state index is -0.276. The van der Waals surface area contributed by atoms with Crippen molar-refractivity contribution in [1.29, 1.82) is 0 Å². The van der Waals surface area contributed by atoms with Crippen LogP contribution in [-0.2, 0) is 4.79 Å². The second kappa shape index (κ2) is 5.15. The van der Waals surface area contributed by atoms with E-state index in [1.54, 1.807) is 19.1 Å². The number of carbonyl (C=O) groups is 1. The van der Waals surface area contributed by atoms with Crippen molar-refractivity contribution in [3.8, 4) is 11.5 Å². The molecule has 0 spiro atoms. The minimum Gasteiger partial charge on any atom is -0.506 e. The molecule has 0 bridgehead atoms. The van der Waals surface area contributed by atoms with Gasteiger partial charge in [0.1, 0.15) is 11.5 Å². The maximum Gasteiger partial charge on any atom is 0.310 e. The smallest absolute Gasteiger partial charge is 0.310 e. The van der Waals surface area contributed by atoms with E-state index in [0.717, 1.165) is 0 Å². The highest BCUT2D eigenvalue weighted by Crippen LogP contribution is 2.30. The largest absolute Gasteiger partial charge is 0.506 e. The maximum absolute atomic E-state index is 11.0. The van der Waals surface area contributed by atoms with Crippen LogP contribution in [0.4, 0.5) is 0 Å². The zero-order valence-corrected chi connectivity index (χ0v) is 11.7. The van der Waals surface area contributed by atoms with Crippen LogP contribution in [0.5, 0.6) is 11.5 Å². The first kappa shape index (κ1) is 12.0. The van der Waals surface area contributed by atoms with Crippen LogP contribution in [0, 0.1) is 7.14 Å². The highest BCUT2D eigenvalue weighted by atomic mass is 127. The fourth-order valence-corrected chi connectivity index (χ4v) is 2.52. The summed E-state index contributed by atoms with van der Waals surface area (Å²) in [5, 5.41) is 9.47. The topological polar surface area (TPSA) is 46.5 Å². The number of halogens is 2. The molecule has 0 atom stereocenters. The summed E-state index contributed by atoms with van der Waals surface area (Å²) < 4.78 is 6.37. The van der Waals surface area contributed by atoms with Crippen LogP contribution in [0.2, 0.25) is 0 Å². The SMILES string of the molecule is CCC(=O)Oc1cc(I)c(O)c(I)c1. The quantitative estimate of drug-likeness (QED) is 0.457. The molecular formula is C9H8I2O3. The van der Waals surface area contributed by atoms with Crippen molar-refractivity contribution in [2.24, 2.45) is 0 Å². The van der Waals surface area contributed by atoms with Crippen molar-refractivity contribution in [3.63, 3.8) is 0 Å². The van der Waals surface area contributed by atoms with E-state index in [1.165, 1.54) is 0 Å². The normalized spacial score (nSPS) is 9.93. The molecule has 0 saturated heterocycles. The predicted molar refractivity (Wildman–Crippen MR) is 69.5 cm³/mol. The first-order valence-electron chi connectivity index (χ1n) is 3.93. The van der Waals surface area contributed by atoms with Gasteiger partial charge in [0.25, 0.3) is 0 Å². The molecule has 0 aliphatic carbocycles. The molecule has 1 aromatic carbocycles. The molecular weight excluding hydrogens is 410 g/mol. The van der Waals surface area contributed by atoms with E-state index < -0.39 is 0 Å². The molecule has 76 valence electrons. The lowest BCUT2D eigenvalue weighted by molar-refractivity contribution is -0.134. The van der Waals surface area contributed by atoms with Crippen LogP contribution in [0.1, 0.15) is 13.3 Å². The van der Waals surface area contributed by atoms with Crippen LogP contribution in [0.15, 0.2) is 12.1 Å². The van der Waals surface area contributed by atoms with Crippen LogP contribution in [0.25, 0.3) is 0 Å². The molecule has 3 nitrogen and oxygen atoms in total. The highest BCUT2D eigenvalue weighted by molar-refractivity contribution is 14.1. The summed E-state index contributed by atoms with van der Waals surface area (Å²) in [6.07, 6.45) is 0.341. The van der Waals surface area contributed by atoms with E-state index in [4.69, 9.17) is 4.74 Å². The number of phenols is 1. The lowest BCUT2D eigenvalue weighted by Gasteiger charge is -2.05. The Bertz CT molecular complexity index is 340. The van der Waals surface area contributed by atoms with Gasteiger partial charge in [0.2, 0.25) is 0 Å². The molecule has 0 unspecified atom stereocenters. The number of benzene rings is 1. The Balaban J connectivity index is 2.95. The highest BCUT2D eigenvalue weighted by Gasteiger charge is 2.08. The van der Waals surface area contributed by atoms with Gasteiger partial charge < -0.3 is 9.84 Å². The van der Waals surface area contributed by atoms with Crippen LogP contribution in [-0.4, -0.2) is 11.1 Å². The van der Waals surface area contributed by atoms with Gasteiger partial charge >= 0.3 is 5.97 Å². The van der Waals surface area contributed by atoms with Gasteiger partial charge in [-0.15, -0.1) is 0 Å². The third-order valence-electron chi connectivity index (χ3n) is 1.51. The van der Waals surface area contributed by atoms with E-state index in [2.05, 4.69) is 0 Å². The van der Waals surface area contributed by atoms with Crippen molar-refractivity contribution in [3.05, 3.63) is 19.3 Å². The number of ether oxygens (including phenoxy) is 1. The van der Waals surface area contributed by atoms with Gasteiger partial charge in [-0.2, -0.15) is 0 Å². The maximum atomic E-state index is 11.0. The second-order valence-corrected chi connectivity index (χ2v) is 4.89. The fourth-order valence-electron chi connectivity index (χ4n) is 0.805. The average molecular weight is 418 g/mol. The first-order chi connectivity index (χ1) is 6.54. The van der Waals surface area contributed by atoms with Crippen LogP contribution in [0.3, 0.4) is 0 Å². The summed E-state index contributed by atoms with van der Waals surface area (Å²) in [5.74, 6) is 0.424. The molecule has 1 N–H and O–H groups in total. The Labute approximate surface area is 109 Å². The minimum absolute atomic E-state index is 0.225. The molecule has 0 amide bonds. The summed E-state index contributed by atoms with van der Waals surface area (Å²) in [7, 11) is 0. The van der Waals surface area contributed by atoms with Crippen molar-refractivity contribution >= 4 is 51.2 Å². The van der Waals surface area contributed by atoms with Gasteiger partial charge in [0.05, 0.1) is 7.14 Å². The Hall–Kier alpha value is -0.0500. The summed E-state index contributed by atoms with van der Waals surface area (Å²) in [6.45, 7) is 1.73. The van der Waals surface area contributed by atoms with Gasteiger partial charge in [0.15, 0.2) is 0 Å². The van der Waals surface area contributed by atoms with Crippen LogP contribution < -0.4 is 4.74 Å². The van der Waals surface area contributed by atoms with Crippen molar-refractivity contribution in [1.82, 2.24) is 0 Å². The molecule has 1 aromatic rings. The van der Waals surface area contributed by atoms with E-state index in [1.807, 2.05) is 45.2 Å². The molecule has 5 heteroatoms. The lowest BCUT2D eigenvalue weighted by Crippen LogP contribution is -2.05. The van der Waals surface area contributed by atoms with E-state index in [9.17, 15) is 9.90 Å². The van der Waals surface area contributed by atoms with E-state index in [-0.39, 0.29) is 11.7 Å². The standard InChI is InChI=1S/C9H8I2O3/c1-2-8(12)14-5-3-6(10)9(13)7(11)4-5/h3-4,13H,2H2,1H3. The Morgan fingerprint density at radius 3 is 2.36 bits per heavy atom. The van der Waals surface area contributed by atoms with Gasteiger partial charge in [-0.1, -0.05) is 6.92 Å². The van der Waals surface area contributed by atoms with Crippen molar-refractivity contribution < 1.29 is 14.6 Å². The van der Waals surface area contributed by atoms with E-state index in [0.29, 0.717) is 19.3 Å². The van der Waals surface area contributed by atoms with Crippen molar-refractivity contribution in [2.75, 3.05) is 0 Å². The van der Waals surface area contributed by atoms with Crippen molar-refractivity contribution in [2.45, 2.75) is 13.3 Å². The van der Waals surface area contributed by atoms with Gasteiger partial charge in [-0.3, -0.25) is 4.79 Å². The van der Waals surface area contributed by atoms with E-state index >= 15 is 0 Å². The predicted octanol–water partition coefficient (Wildman–Crippen LogP) is 2.92. The number of carbonyl (C=O) groups excluding carboxylic acids is 1. The van der Waals surface area contributed by atoms with Gasteiger partial charge in [0, 0.05) is 6.42 Å². The summed E-state index contributed by atoms with van der Waals surface area (Å²) >= 11 is 3.98. The Kier molecular flexibility index (Phi) is 4.42. The summed E-state index contributed by atoms with van der Waals surface area (Å²) in [5.41, 5.74) is 0. The zero-order valence-electron chi connectivity index (χ0n) is 7.38. The number of hydrogen-bond donors (Lipinski definition) is 1. The number of aromatic hydroxyl groups is 1. The van der Waals surface area contributed by atoms with Gasteiger partial charge in [-0.25, -0.2) is 0 Å². The number of rotatable bonds is 2. The number of phenolic OH excluding ortho intramolecular Hbond substituents is 1. The third-order valence-corrected chi connectivity index (χ3v) is 3.16. The molecule has 0 aliphatic heterocycles. The Morgan fingerprint density at radius 2 is 1.93 bits per heavy atom. The summed E-state index contributed by atoms with van der Waals surface area (Å²) in [4.78, 5) is 11.0. The lowest BCUT2D eigenvalue weighted by atomic mass is 10.3. The molecule has 0 aromatic heterocycles. The monoisotopic (exact) mass is 418 g/mol. The molecule has 0 aliphatic rings. The first-order valence-corrected chi connectivity index (χ1v) is 6.09. The summed E-state index contributed by atoms with van der Waals surface area (Å²) in [6, 6.07) is 3.26. The Morgan fingerprint density at radius 1 is 1.43 bits per heavy atom.